The highest BCUT2D eigenvalue weighted by Gasteiger charge is 2.17. The van der Waals surface area contributed by atoms with Crippen LogP contribution in [0.4, 0.5) is 0 Å². The van der Waals surface area contributed by atoms with E-state index in [2.05, 4.69) is 0 Å². The van der Waals surface area contributed by atoms with Crippen molar-refractivity contribution < 1.29 is 14.6 Å². The molecule has 1 aliphatic carbocycles. The number of carboxylic acid groups (broad SMARTS) is 1. The van der Waals surface area contributed by atoms with Crippen molar-refractivity contribution in [2.75, 3.05) is 6.61 Å². The highest BCUT2D eigenvalue weighted by Crippen LogP contribution is 2.35. The van der Waals surface area contributed by atoms with Crippen molar-refractivity contribution in [1.29, 1.82) is 0 Å². The number of carboxylic acids is 1. The van der Waals surface area contributed by atoms with Crippen LogP contribution in [0.25, 0.3) is 21.3 Å². The zero-order valence-corrected chi connectivity index (χ0v) is 17.3. The van der Waals surface area contributed by atoms with Gasteiger partial charge >= 0.3 is 10.8 Å². The second kappa shape index (κ2) is 8.41. The van der Waals surface area contributed by atoms with Crippen molar-refractivity contribution in [2.24, 2.45) is 13.0 Å². The first-order valence-electron chi connectivity index (χ1n) is 10.1. The predicted molar refractivity (Wildman–Crippen MR) is 116 cm³/mol. The molecule has 0 aliphatic heterocycles. The summed E-state index contributed by atoms with van der Waals surface area (Å²) in [6.07, 6.45) is 5.57. The predicted octanol–water partition coefficient (Wildman–Crippen LogP) is 4.85. The fourth-order valence-corrected chi connectivity index (χ4v) is 4.94. The number of nitrogens with zero attached hydrogens (tertiary/aromatic N) is 1. The molecular formula is C23H25NO4S. The van der Waals surface area contributed by atoms with Gasteiger partial charge in [-0.3, -0.25) is 9.59 Å². The Labute approximate surface area is 173 Å². The van der Waals surface area contributed by atoms with Gasteiger partial charge in [-0.05, 0) is 60.6 Å². The Morgan fingerprint density at radius 1 is 1.21 bits per heavy atom. The molecule has 0 spiro atoms. The number of hydrogen-bond donors (Lipinski definition) is 1. The van der Waals surface area contributed by atoms with E-state index in [1.807, 2.05) is 36.4 Å². The van der Waals surface area contributed by atoms with Gasteiger partial charge in [0, 0.05) is 19.0 Å². The summed E-state index contributed by atoms with van der Waals surface area (Å²) in [5, 5.41) is 9.01. The Hall–Kier alpha value is -2.60. The molecule has 6 heteroatoms. The molecule has 5 nitrogen and oxygen atoms in total. The lowest BCUT2D eigenvalue weighted by Gasteiger charge is -2.16. The molecule has 1 saturated carbocycles. The Balaban J connectivity index is 1.69. The minimum Gasteiger partial charge on any atom is -0.493 e. The van der Waals surface area contributed by atoms with Crippen LogP contribution in [0.5, 0.6) is 5.75 Å². The van der Waals surface area contributed by atoms with E-state index in [-0.39, 0.29) is 11.3 Å². The lowest BCUT2D eigenvalue weighted by molar-refractivity contribution is -0.136. The van der Waals surface area contributed by atoms with Gasteiger partial charge in [-0.25, -0.2) is 0 Å². The van der Waals surface area contributed by atoms with E-state index in [1.54, 1.807) is 11.6 Å². The van der Waals surface area contributed by atoms with Crippen LogP contribution in [0.1, 0.15) is 37.7 Å². The SMILES string of the molecule is Cn1c(=O)sc2cc(-c3cc(CCC(=O)O)ccc3OCC3CCCC3)ccc21. The lowest BCUT2D eigenvalue weighted by atomic mass is 9.99. The van der Waals surface area contributed by atoms with Crippen LogP contribution >= 0.6 is 11.3 Å². The molecule has 2 aromatic carbocycles. The van der Waals surface area contributed by atoms with Gasteiger partial charge in [0.1, 0.15) is 5.75 Å². The highest BCUT2D eigenvalue weighted by molar-refractivity contribution is 7.16. The molecule has 0 amide bonds. The van der Waals surface area contributed by atoms with E-state index in [1.165, 1.54) is 37.0 Å². The van der Waals surface area contributed by atoms with Crippen LogP contribution in [-0.2, 0) is 18.3 Å². The molecule has 0 bridgehead atoms. The minimum absolute atomic E-state index is 0.0186. The van der Waals surface area contributed by atoms with E-state index in [0.29, 0.717) is 18.9 Å². The fraction of sp³-hybridized carbons (Fsp3) is 0.391. The van der Waals surface area contributed by atoms with Crippen molar-refractivity contribution in [2.45, 2.75) is 38.5 Å². The van der Waals surface area contributed by atoms with Gasteiger partial charge in [0.2, 0.25) is 0 Å². The Morgan fingerprint density at radius 2 is 2.00 bits per heavy atom. The number of aliphatic carboxylic acids is 1. The van der Waals surface area contributed by atoms with Crippen LogP contribution in [0.15, 0.2) is 41.2 Å². The quantitative estimate of drug-likeness (QED) is 0.603. The zero-order valence-electron chi connectivity index (χ0n) is 16.5. The smallest absolute Gasteiger partial charge is 0.307 e. The molecule has 0 radical (unpaired) electrons. The molecule has 1 N–H and O–H groups in total. The first kappa shape index (κ1) is 19.7. The summed E-state index contributed by atoms with van der Waals surface area (Å²) >= 11 is 1.23. The Bertz CT molecular complexity index is 1090. The fourth-order valence-electron chi connectivity index (χ4n) is 4.02. The average molecular weight is 412 g/mol. The molecular weight excluding hydrogens is 386 g/mol. The number of rotatable bonds is 7. The molecule has 1 heterocycles. The first-order valence-corrected chi connectivity index (χ1v) is 10.9. The standard InChI is InChI=1S/C23H25NO4S/c1-24-19-9-8-17(13-21(19)29-23(24)27)18-12-15(7-11-22(25)26)6-10-20(18)28-14-16-4-2-3-5-16/h6,8-10,12-13,16H,2-5,7,11,14H2,1H3,(H,25,26). The van der Waals surface area contributed by atoms with E-state index in [9.17, 15) is 9.59 Å². The first-order chi connectivity index (χ1) is 14.0. The number of aromatic nitrogens is 1. The van der Waals surface area contributed by atoms with Crippen molar-refractivity contribution in [3.8, 4) is 16.9 Å². The number of benzene rings is 2. The summed E-state index contributed by atoms with van der Waals surface area (Å²) in [5.41, 5.74) is 3.82. The van der Waals surface area contributed by atoms with Gasteiger partial charge < -0.3 is 14.4 Å². The molecule has 1 fully saturated rings. The van der Waals surface area contributed by atoms with Crippen LogP contribution in [0, 0.1) is 5.92 Å². The summed E-state index contributed by atoms with van der Waals surface area (Å²) in [6.45, 7) is 0.711. The summed E-state index contributed by atoms with van der Waals surface area (Å²) in [5.74, 6) is 0.624. The molecule has 0 unspecified atom stereocenters. The molecule has 0 saturated heterocycles. The number of aryl methyl sites for hydroxylation is 2. The minimum atomic E-state index is -0.802. The Morgan fingerprint density at radius 3 is 2.76 bits per heavy atom. The van der Waals surface area contributed by atoms with E-state index in [4.69, 9.17) is 9.84 Å². The molecule has 0 atom stereocenters. The number of thiazole rings is 1. The van der Waals surface area contributed by atoms with Crippen molar-refractivity contribution in [3.05, 3.63) is 51.6 Å². The van der Waals surface area contributed by atoms with Crippen molar-refractivity contribution >= 4 is 27.5 Å². The molecule has 3 aromatic rings. The summed E-state index contributed by atoms with van der Waals surface area (Å²) in [4.78, 5) is 23.0. The van der Waals surface area contributed by atoms with E-state index >= 15 is 0 Å². The Kier molecular flexibility index (Phi) is 5.72. The van der Waals surface area contributed by atoms with E-state index < -0.39 is 5.97 Å². The molecule has 1 aliphatic rings. The van der Waals surface area contributed by atoms with Crippen molar-refractivity contribution in [3.63, 3.8) is 0 Å². The van der Waals surface area contributed by atoms with E-state index in [0.717, 1.165) is 32.7 Å². The van der Waals surface area contributed by atoms with Crippen LogP contribution < -0.4 is 9.61 Å². The largest absolute Gasteiger partial charge is 0.493 e. The van der Waals surface area contributed by atoms with Gasteiger partial charge in [0.15, 0.2) is 0 Å². The van der Waals surface area contributed by atoms with Gasteiger partial charge in [0.25, 0.3) is 0 Å². The lowest BCUT2D eigenvalue weighted by Crippen LogP contribution is -2.09. The van der Waals surface area contributed by atoms with Gasteiger partial charge in [0.05, 0.1) is 16.8 Å². The van der Waals surface area contributed by atoms with Gasteiger partial charge in [-0.1, -0.05) is 36.3 Å². The number of fused-ring (bicyclic) bond motifs is 1. The normalized spacial score (nSPS) is 14.5. The number of ether oxygens (including phenoxy) is 1. The second-order valence-corrected chi connectivity index (χ2v) is 8.79. The maximum absolute atomic E-state index is 12.0. The maximum Gasteiger partial charge on any atom is 0.307 e. The van der Waals surface area contributed by atoms with Gasteiger partial charge in [-0.2, -0.15) is 0 Å². The van der Waals surface area contributed by atoms with Crippen LogP contribution in [0.3, 0.4) is 0 Å². The zero-order chi connectivity index (χ0) is 20.4. The topological polar surface area (TPSA) is 68.5 Å². The summed E-state index contributed by atoms with van der Waals surface area (Å²) in [6, 6.07) is 11.9. The second-order valence-electron chi connectivity index (χ2n) is 7.80. The summed E-state index contributed by atoms with van der Waals surface area (Å²) < 4.78 is 8.81. The third-order valence-electron chi connectivity index (χ3n) is 5.72. The third-order valence-corrected chi connectivity index (χ3v) is 6.72. The molecule has 4 rings (SSSR count). The van der Waals surface area contributed by atoms with Crippen LogP contribution in [0.2, 0.25) is 0 Å². The molecule has 29 heavy (non-hydrogen) atoms. The number of hydrogen-bond acceptors (Lipinski definition) is 4. The van der Waals surface area contributed by atoms with Gasteiger partial charge in [-0.15, -0.1) is 0 Å². The van der Waals surface area contributed by atoms with Crippen molar-refractivity contribution in [1.82, 2.24) is 4.57 Å². The average Bonchev–Trinajstić information content (AvgIpc) is 3.33. The summed E-state index contributed by atoms with van der Waals surface area (Å²) in [7, 11) is 1.78. The van der Waals surface area contributed by atoms with Crippen LogP contribution in [-0.4, -0.2) is 22.2 Å². The molecule has 152 valence electrons. The third kappa shape index (κ3) is 4.37. The monoisotopic (exact) mass is 411 g/mol. The molecule has 1 aromatic heterocycles. The number of carbonyl (C=O) groups is 1. The highest BCUT2D eigenvalue weighted by atomic mass is 32.1. The maximum atomic E-state index is 12.0.